The number of amides is 2. The molecule has 1 unspecified atom stereocenters. The smallest absolute Gasteiger partial charge is 0.256 e. The van der Waals surface area contributed by atoms with Gasteiger partial charge in [0, 0.05) is 11.4 Å². The van der Waals surface area contributed by atoms with Crippen molar-refractivity contribution in [1.29, 1.82) is 0 Å². The van der Waals surface area contributed by atoms with Crippen LogP contribution in [0.15, 0.2) is 24.3 Å². The zero-order valence-electron chi connectivity index (χ0n) is 10.1. The summed E-state index contributed by atoms with van der Waals surface area (Å²) < 4.78 is 0. The lowest BCUT2D eigenvalue weighted by atomic mass is 10.1. The standard InChI is InChI=1S/C12H14ClN3O2S/c13-6-5-7-1-3-8(4-2-7)11(18)16-12(19)9(14)10(15)17/h1-4,9H,5-6,14H2,(H2,15,17)(H,16,18,19). The van der Waals surface area contributed by atoms with Crippen molar-refractivity contribution in [3.05, 3.63) is 35.4 Å². The Morgan fingerprint density at radius 3 is 2.37 bits per heavy atom. The highest BCUT2D eigenvalue weighted by atomic mass is 35.5. The van der Waals surface area contributed by atoms with Gasteiger partial charge in [-0.25, -0.2) is 0 Å². The molecule has 0 aliphatic heterocycles. The molecular weight excluding hydrogens is 286 g/mol. The van der Waals surface area contributed by atoms with Crippen LogP contribution >= 0.6 is 23.8 Å². The number of halogens is 1. The molecule has 5 nitrogen and oxygen atoms in total. The minimum Gasteiger partial charge on any atom is -0.368 e. The molecule has 0 aromatic heterocycles. The average Bonchev–Trinajstić information content (AvgIpc) is 2.38. The quantitative estimate of drug-likeness (QED) is 0.539. The van der Waals surface area contributed by atoms with Crippen molar-refractivity contribution in [2.24, 2.45) is 11.5 Å². The Morgan fingerprint density at radius 2 is 1.89 bits per heavy atom. The molecule has 7 heteroatoms. The number of aryl methyl sites for hydroxylation is 1. The first-order valence-corrected chi connectivity index (χ1v) is 6.45. The summed E-state index contributed by atoms with van der Waals surface area (Å²) in [5, 5.41) is 2.37. The SMILES string of the molecule is NC(=O)C(N)C(=S)NC(=O)c1ccc(CCCl)cc1. The second-order valence-corrected chi connectivity index (χ2v) is 4.65. The van der Waals surface area contributed by atoms with E-state index in [0.717, 1.165) is 12.0 Å². The summed E-state index contributed by atoms with van der Waals surface area (Å²) in [5.41, 5.74) is 11.8. The summed E-state index contributed by atoms with van der Waals surface area (Å²) in [6.07, 6.45) is 0.731. The molecule has 1 aromatic carbocycles. The Labute approximate surface area is 121 Å². The molecule has 0 spiro atoms. The predicted molar refractivity (Wildman–Crippen MR) is 78.1 cm³/mol. The van der Waals surface area contributed by atoms with Crippen molar-refractivity contribution < 1.29 is 9.59 Å². The molecule has 0 bridgehead atoms. The predicted octanol–water partition coefficient (Wildman–Crippen LogP) is 0.338. The molecule has 1 rings (SSSR count). The number of alkyl halides is 1. The normalized spacial score (nSPS) is 11.7. The first kappa shape index (κ1) is 15.6. The average molecular weight is 300 g/mol. The van der Waals surface area contributed by atoms with Crippen LogP contribution in [-0.4, -0.2) is 28.7 Å². The Hall–Kier alpha value is -1.50. The van der Waals surface area contributed by atoms with Crippen LogP contribution in [0.1, 0.15) is 15.9 Å². The first-order valence-electron chi connectivity index (χ1n) is 5.50. The first-order chi connectivity index (χ1) is 8.95. The van der Waals surface area contributed by atoms with Crippen LogP contribution in [0.25, 0.3) is 0 Å². The van der Waals surface area contributed by atoms with Gasteiger partial charge in [-0.05, 0) is 24.1 Å². The van der Waals surface area contributed by atoms with E-state index >= 15 is 0 Å². The molecule has 1 aromatic rings. The second-order valence-electron chi connectivity index (χ2n) is 3.83. The lowest BCUT2D eigenvalue weighted by Crippen LogP contribution is -2.49. The molecule has 5 N–H and O–H groups in total. The van der Waals surface area contributed by atoms with Gasteiger partial charge in [0.05, 0.1) is 0 Å². The van der Waals surface area contributed by atoms with Gasteiger partial charge in [-0.1, -0.05) is 24.4 Å². The topological polar surface area (TPSA) is 98.2 Å². The third kappa shape index (κ3) is 4.59. The highest BCUT2D eigenvalue weighted by Gasteiger charge is 2.18. The van der Waals surface area contributed by atoms with Gasteiger partial charge < -0.3 is 16.8 Å². The molecular formula is C12H14ClN3O2S. The third-order valence-electron chi connectivity index (χ3n) is 2.43. The van der Waals surface area contributed by atoms with E-state index in [9.17, 15) is 9.59 Å². The molecule has 1 atom stereocenters. The highest BCUT2D eigenvalue weighted by Crippen LogP contribution is 2.06. The molecule has 0 saturated carbocycles. The molecule has 19 heavy (non-hydrogen) atoms. The summed E-state index contributed by atoms with van der Waals surface area (Å²) in [4.78, 5) is 22.5. The zero-order valence-corrected chi connectivity index (χ0v) is 11.6. The van der Waals surface area contributed by atoms with Crippen LogP contribution in [-0.2, 0) is 11.2 Å². The fourth-order valence-corrected chi connectivity index (χ4v) is 1.75. The number of carbonyl (C=O) groups excluding carboxylic acids is 2. The van der Waals surface area contributed by atoms with Gasteiger partial charge in [-0.15, -0.1) is 11.6 Å². The van der Waals surface area contributed by atoms with Crippen LogP contribution in [0.5, 0.6) is 0 Å². The minimum atomic E-state index is -1.17. The zero-order chi connectivity index (χ0) is 14.4. The third-order valence-corrected chi connectivity index (χ3v) is 2.97. The van der Waals surface area contributed by atoms with E-state index in [-0.39, 0.29) is 4.99 Å². The molecule has 2 amide bonds. The van der Waals surface area contributed by atoms with Gasteiger partial charge in [0.25, 0.3) is 5.91 Å². The Kier molecular flexibility index (Phi) is 5.88. The van der Waals surface area contributed by atoms with E-state index in [4.69, 9.17) is 35.3 Å². The van der Waals surface area contributed by atoms with Crippen molar-refractivity contribution in [3.63, 3.8) is 0 Å². The van der Waals surface area contributed by atoms with Crippen LogP contribution in [0, 0.1) is 0 Å². The van der Waals surface area contributed by atoms with Crippen molar-refractivity contribution in [1.82, 2.24) is 5.32 Å². The van der Waals surface area contributed by atoms with Gasteiger partial charge in [0.15, 0.2) is 0 Å². The lowest BCUT2D eigenvalue weighted by molar-refractivity contribution is -0.117. The maximum absolute atomic E-state index is 11.8. The maximum atomic E-state index is 11.8. The molecule has 0 fully saturated rings. The minimum absolute atomic E-state index is 0.0951. The van der Waals surface area contributed by atoms with Crippen molar-refractivity contribution in [2.45, 2.75) is 12.5 Å². The summed E-state index contributed by atoms with van der Waals surface area (Å²) >= 11 is 10.4. The Morgan fingerprint density at radius 1 is 1.32 bits per heavy atom. The molecule has 0 aliphatic rings. The fraction of sp³-hybridized carbons (Fsp3) is 0.250. The van der Waals surface area contributed by atoms with Crippen molar-refractivity contribution in [2.75, 3.05) is 5.88 Å². The van der Waals surface area contributed by atoms with Gasteiger partial charge in [-0.3, -0.25) is 9.59 Å². The van der Waals surface area contributed by atoms with E-state index in [1.165, 1.54) is 0 Å². The number of nitrogens with two attached hydrogens (primary N) is 2. The summed E-state index contributed by atoms with van der Waals surface area (Å²) in [7, 11) is 0. The van der Waals surface area contributed by atoms with Gasteiger partial charge >= 0.3 is 0 Å². The van der Waals surface area contributed by atoms with E-state index < -0.39 is 17.9 Å². The summed E-state index contributed by atoms with van der Waals surface area (Å²) in [6.45, 7) is 0. The van der Waals surface area contributed by atoms with Crippen molar-refractivity contribution in [3.8, 4) is 0 Å². The summed E-state index contributed by atoms with van der Waals surface area (Å²) in [6, 6.07) is 5.72. The number of benzene rings is 1. The van der Waals surface area contributed by atoms with Crippen LogP contribution < -0.4 is 16.8 Å². The van der Waals surface area contributed by atoms with Crippen LogP contribution in [0.4, 0.5) is 0 Å². The number of primary amides is 1. The summed E-state index contributed by atoms with van der Waals surface area (Å²) in [5.74, 6) is -0.704. The van der Waals surface area contributed by atoms with E-state index in [1.807, 2.05) is 0 Å². The van der Waals surface area contributed by atoms with E-state index in [0.29, 0.717) is 11.4 Å². The number of thiocarbonyl (C=S) groups is 1. The van der Waals surface area contributed by atoms with Gasteiger partial charge in [0.2, 0.25) is 5.91 Å². The second kappa shape index (κ2) is 7.18. The molecule has 0 aliphatic carbocycles. The van der Waals surface area contributed by atoms with Crippen LogP contribution in [0.2, 0.25) is 0 Å². The maximum Gasteiger partial charge on any atom is 0.256 e. The Balaban J connectivity index is 2.68. The largest absolute Gasteiger partial charge is 0.368 e. The molecule has 0 heterocycles. The molecule has 102 valence electrons. The number of hydrogen-bond acceptors (Lipinski definition) is 4. The molecule has 0 saturated heterocycles. The lowest BCUT2D eigenvalue weighted by Gasteiger charge is -2.11. The highest BCUT2D eigenvalue weighted by molar-refractivity contribution is 7.80. The number of carbonyl (C=O) groups is 2. The molecule has 0 radical (unpaired) electrons. The fourth-order valence-electron chi connectivity index (χ4n) is 1.32. The number of rotatable bonds is 5. The Bertz CT molecular complexity index is 490. The van der Waals surface area contributed by atoms with Gasteiger partial charge in [0.1, 0.15) is 11.0 Å². The van der Waals surface area contributed by atoms with Crippen molar-refractivity contribution >= 4 is 40.6 Å². The van der Waals surface area contributed by atoms with E-state index in [1.54, 1.807) is 24.3 Å². The number of hydrogen-bond donors (Lipinski definition) is 3. The number of nitrogens with one attached hydrogen (secondary N) is 1. The van der Waals surface area contributed by atoms with Gasteiger partial charge in [-0.2, -0.15) is 0 Å². The van der Waals surface area contributed by atoms with Crippen LogP contribution in [0.3, 0.4) is 0 Å². The monoisotopic (exact) mass is 299 g/mol. The van der Waals surface area contributed by atoms with E-state index in [2.05, 4.69) is 5.32 Å².